The van der Waals surface area contributed by atoms with Crippen LogP contribution < -0.4 is 0 Å². The molecule has 0 aromatic carbocycles. The summed E-state index contributed by atoms with van der Waals surface area (Å²) in [4.78, 5) is 28.1. The average molecular weight is 451 g/mol. The molecule has 0 unspecified atom stereocenters. The van der Waals surface area contributed by atoms with Crippen molar-refractivity contribution in [1.29, 1.82) is 0 Å². The van der Waals surface area contributed by atoms with Crippen molar-refractivity contribution in [3.8, 4) is 0 Å². The minimum absolute atomic E-state index is 0.200. The van der Waals surface area contributed by atoms with Crippen LogP contribution >= 0.6 is 15.8 Å². The van der Waals surface area contributed by atoms with Crippen molar-refractivity contribution >= 4 is 26.9 Å². The summed E-state index contributed by atoms with van der Waals surface area (Å²) in [7, 11) is -1.49. The lowest BCUT2D eigenvalue weighted by Crippen LogP contribution is -2.31. The zero-order chi connectivity index (χ0) is 20.8. The van der Waals surface area contributed by atoms with Gasteiger partial charge in [-0.1, -0.05) is 77.0 Å². The van der Waals surface area contributed by atoms with E-state index in [-0.39, 0.29) is 11.0 Å². The maximum atomic E-state index is 14.1. The molecule has 170 valence electrons. The summed E-state index contributed by atoms with van der Waals surface area (Å²) in [5.74, 6) is 0. The summed E-state index contributed by atoms with van der Waals surface area (Å²) in [5, 5.41) is 0. The van der Waals surface area contributed by atoms with Crippen LogP contribution in [0.4, 0.5) is 0 Å². The van der Waals surface area contributed by atoms with E-state index in [1.54, 1.807) is 0 Å². The van der Waals surface area contributed by atoms with Crippen LogP contribution in [-0.4, -0.2) is 33.7 Å². The van der Waals surface area contributed by atoms with E-state index in [1.807, 2.05) is 0 Å². The van der Waals surface area contributed by atoms with Crippen molar-refractivity contribution in [1.82, 2.24) is 0 Å². The molecule has 0 atom stereocenters. The molecule has 0 aromatic heterocycles. The Morgan fingerprint density at radius 3 is 0.767 bits per heavy atom. The smallest absolute Gasteiger partial charge is 0.224 e. The van der Waals surface area contributed by atoms with Gasteiger partial charge in [0.15, 0.2) is 0 Å². The first-order chi connectivity index (χ1) is 14.8. The molecule has 0 N–H and O–H groups in total. The molecule has 4 rings (SSSR count). The third kappa shape index (κ3) is 5.76. The molecule has 4 aliphatic rings. The van der Waals surface area contributed by atoms with Crippen LogP contribution in [0.2, 0.25) is 0 Å². The van der Waals surface area contributed by atoms with Gasteiger partial charge in [-0.3, -0.25) is 9.59 Å². The lowest BCUT2D eigenvalue weighted by Gasteiger charge is -2.40. The molecule has 0 radical (unpaired) electrons. The SMILES string of the molecule is O=C(C(=O)P(C1CCCCC1)C1CCCCC1)P(C1CCCCC1)C1CCCCC1. The van der Waals surface area contributed by atoms with Crippen molar-refractivity contribution in [3.63, 3.8) is 0 Å². The van der Waals surface area contributed by atoms with E-state index in [0.717, 1.165) is 0 Å². The minimum Gasteiger partial charge on any atom is -0.285 e. The summed E-state index contributed by atoms with van der Waals surface area (Å²) in [6, 6.07) is 0. The Morgan fingerprint density at radius 2 is 0.567 bits per heavy atom. The first-order valence-electron chi connectivity index (χ1n) is 13.4. The monoisotopic (exact) mass is 450 g/mol. The normalized spacial score (nSPS) is 26.3. The molecule has 0 heterocycles. The fraction of sp³-hybridized carbons (Fsp3) is 0.923. The van der Waals surface area contributed by atoms with E-state index < -0.39 is 15.8 Å². The Labute approximate surface area is 187 Å². The molecule has 0 amide bonds. The third-order valence-electron chi connectivity index (χ3n) is 8.52. The van der Waals surface area contributed by atoms with Gasteiger partial charge in [-0.2, -0.15) is 0 Å². The Morgan fingerprint density at radius 1 is 0.367 bits per heavy atom. The molecule has 4 aliphatic carbocycles. The van der Waals surface area contributed by atoms with Gasteiger partial charge < -0.3 is 0 Å². The summed E-state index contributed by atoms with van der Waals surface area (Å²) in [5.41, 5.74) is 2.69. The van der Waals surface area contributed by atoms with Crippen LogP contribution in [0, 0.1) is 0 Å². The molecule has 0 aromatic rings. The number of carbonyl (C=O) groups is 2. The van der Waals surface area contributed by atoms with Gasteiger partial charge in [0.25, 0.3) is 0 Å². The lowest BCUT2D eigenvalue weighted by molar-refractivity contribution is -0.127. The highest BCUT2D eigenvalue weighted by Gasteiger charge is 2.44. The van der Waals surface area contributed by atoms with Crippen LogP contribution in [0.1, 0.15) is 128 Å². The maximum Gasteiger partial charge on any atom is 0.224 e. The Balaban J connectivity index is 1.55. The van der Waals surface area contributed by atoms with Gasteiger partial charge in [-0.25, -0.2) is 0 Å². The van der Waals surface area contributed by atoms with Crippen molar-refractivity contribution in [3.05, 3.63) is 0 Å². The van der Waals surface area contributed by atoms with E-state index in [9.17, 15) is 9.59 Å². The van der Waals surface area contributed by atoms with Crippen LogP contribution in [0.15, 0.2) is 0 Å². The second-order valence-corrected chi connectivity index (χ2v) is 16.0. The van der Waals surface area contributed by atoms with Crippen LogP contribution in [0.25, 0.3) is 0 Å². The summed E-state index contributed by atoms with van der Waals surface area (Å²) < 4.78 is 0. The predicted molar refractivity (Wildman–Crippen MR) is 131 cm³/mol. The van der Waals surface area contributed by atoms with Gasteiger partial charge in [-0.15, -0.1) is 0 Å². The minimum atomic E-state index is -0.744. The number of carbonyl (C=O) groups excluding carboxylic acids is 2. The highest BCUT2D eigenvalue weighted by molar-refractivity contribution is 7.89. The van der Waals surface area contributed by atoms with Crippen molar-refractivity contribution in [2.45, 2.75) is 151 Å². The largest absolute Gasteiger partial charge is 0.285 e. The fourth-order valence-electron chi connectivity index (χ4n) is 6.92. The van der Waals surface area contributed by atoms with Crippen LogP contribution in [0.3, 0.4) is 0 Å². The van der Waals surface area contributed by atoms with E-state index >= 15 is 0 Å². The van der Waals surface area contributed by atoms with Gasteiger partial charge in [0.05, 0.1) is 0 Å². The van der Waals surface area contributed by atoms with Crippen LogP contribution in [-0.2, 0) is 9.59 Å². The van der Waals surface area contributed by atoms with Crippen molar-refractivity contribution in [2.75, 3.05) is 0 Å². The van der Waals surface area contributed by atoms with Gasteiger partial charge in [-0.05, 0) is 89.8 Å². The summed E-state index contributed by atoms with van der Waals surface area (Å²) in [6.45, 7) is 0. The number of hydrogen-bond acceptors (Lipinski definition) is 2. The van der Waals surface area contributed by atoms with E-state index in [1.165, 1.54) is 128 Å². The molecule has 0 bridgehead atoms. The molecule has 4 saturated carbocycles. The molecular formula is C26H44O2P2. The Bertz CT molecular complexity index is 467. The van der Waals surface area contributed by atoms with Crippen LogP contribution in [0.5, 0.6) is 0 Å². The average Bonchev–Trinajstić information content (AvgIpc) is 2.82. The maximum absolute atomic E-state index is 14.1. The van der Waals surface area contributed by atoms with Crippen molar-refractivity contribution < 1.29 is 9.59 Å². The molecule has 2 nitrogen and oxygen atoms in total. The zero-order valence-electron chi connectivity index (χ0n) is 19.2. The number of hydrogen-bond donors (Lipinski definition) is 0. The molecule has 0 saturated heterocycles. The van der Waals surface area contributed by atoms with Gasteiger partial charge in [0.1, 0.15) is 0 Å². The highest BCUT2D eigenvalue weighted by Crippen LogP contribution is 2.62. The molecule has 30 heavy (non-hydrogen) atoms. The third-order valence-corrected chi connectivity index (χ3v) is 15.3. The standard InChI is InChI=1S/C26H44O2P2/c27-25(29(21-13-5-1-6-14-21)22-15-7-2-8-16-22)26(28)30(23-17-9-3-10-18-23)24-19-11-4-12-20-24/h21-24H,1-20H2. The second-order valence-electron chi connectivity index (χ2n) is 10.6. The molecule has 4 heteroatoms. The zero-order valence-corrected chi connectivity index (χ0v) is 21.0. The highest BCUT2D eigenvalue weighted by atomic mass is 31.1. The molecule has 4 fully saturated rings. The van der Waals surface area contributed by atoms with E-state index in [2.05, 4.69) is 0 Å². The quantitative estimate of drug-likeness (QED) is 0.288. The first-order valence-corrected chi connectivity index (χ1v) is 16.4. The molecule has 0 aliphatic heterocycles. The molecule has 0 spiro atoms. The fourth-order valence-corrected chi connectivity index (χ4v) is 14.3. The van der Waals surface area contributed by atoms with Gasteiger partial charge in [0, 0.05) is 0 Å². The number of rotatable bonds is 7. The first kappa shape index (κ1) is 23.4. The predicted octanol–water partition coefficient (Wildman–Crippen LogP) is 8.33. The van der Waals surface area contributed by atoms with Gasteiger partial charge in [0.2, 0.25) is 11.0 Å². The van der Waals surface area contributed by atoms with Crippen molar-refractivity contribution in [2.24, 2.45) is 0 Å². The van der Waals surface area contributed by atoms with Gasteiger partial charge >= 0.3 is 0 Å². The topological polar surface area (TPSA) is 34.1 Å². The van der Waals surface area contributed by atoms with E-state index in [0.29, 0.717) is 22.6 Å². The molecular weight excluding hydrogens is 406 g/mol. The second kappa shape index (κ2) is 11.9. The van der Waals surface area contributed by atoms with E-state index in [4.69, 9.17) is 0 Å². The summed E-state index contributed by atoms with van der Waals surface area (Å²) in [6.07, 6.45) is 25.5. The Kier molecular flexibility index (Phi) is 9.26. The Hall–Kier alpha value is 0.200. The lowest BCUT2D eigenvalue weighted by atomic mass is 9.99. The summed E-state index contributed by atoms with van der Waals surface area (Å²) >= 11 is 0.